The van der Waals surface area contributed by atoms with Crippen LogP contribution in [0.2, 0.25) is 0 Å². The van der Waals surface area contributed by atoms with Gasteiger partial charge in [0.25, 0.3) is 5.91 Å². The molecular formula is C15H16N4O2S. The van der Waals surface area contributed by atoms with E-state index in [4.69, 9.17) is 0 Å². The summed E-state index contributed by atoms with van der Waals surface area (Å²) >= 11 is 1.33. The molecule has 1 aromatic heterocycles. The summed E-state index contributed by atoms with van der Waals surface area (Å²) in [7, 11) is 0. The van der Waals surface area contributed by atoms with Gasteiger partial charge < -0.3 is 5.32 Å². The summed E-state index contributed by atoms with van der Waals surface area (Å²) in [5.74, 6) is 0.110. The van der Waals surface area contributed by atoms with Crippen LogP contribution in [-0.4, -0.2) is 22.0 Å². The quantitative estimate of drug-likeness (QED) is 0.885. The normalized spacial score (nSPS) is 13.7. The zero-order chi connectivity index (χ0) is 15.5. The lowest BCUT2D eigenvalue weighted by Crippen LogP contribution is -2.24. The summed E-state index contributed by atoms with van der Waals surface area (Å²) in [6.07, 6.45) is 1.99. The lowest BCUT2D eigenvalue weighted by molar-refractivity contribution is -0.122. The van der Waals surface area contributed by atoms with Crippen molar-refractivity contribution >= 4 is 28.3 Å². The Kier molecular flexibility index (Phi) is 4.15. The summed E-state index contributed by atoms with van der Waals surface area (Å²) in [6, 6.07) is 7.16. The highest BCUT2D eigenvalue weighted by Crippen LogP contribution is 2.28. The van der Waals surface area contributed by atoms with Gasteiger partial charge in [-0.25, -0.2) is 0 Å². The van der Waals surface area contributed by atoms with Gasteiger partial charge in [-0.15, -0.1) is 10.2 Å². The van der Waals surface area contributed by atoms with Crippen molar-refractivity contribution < 1.29 is 9.59 Å². The number of anilines is 1. The van der Waals surface area contributed by atoms with Crippen LogP contribution in [0.15, 0.2) is 24.3 Å². The maximum atomic E-state index is 12.1. The fourth-order valence-corrected chi connectivity index (χ4v) is 2.56. The molecule has 0 radical (unpaired) electrons. The molecule has 1 aliphatic rings. The molecule has 3 rings (SSSR count). The van der Waals surface area contributed by atoms with Crippen LogP contribution >= 0.6 is 11.3 Å². The number of carbonyl (C=O) groups is 2. The number of amides is 2. The highest BCUT2D eigenvalue weighted by Gasteiger charge is 2.29. The first-order valence-electron chi connectivity index (χ1n) is 7.10. The van der Waals surface area contributed by atoms with Crippen molar-refractivity contribution in [1.82, 2.24) is 15.5 Å². The van der Waals surface area contributed by atoms with E-state index < -0.39 is 0 Å². The maximum Gasteiger partial charge on any atom is 0.257 e. The van der Waals surface area contributed by atoms with Gasteiger partial charge in [-0.1, -0.05) is 23.5 Å². The molecule has 2 aromatic rings. The Bertz CT molecular complexity index is 692. The maximum absolute atomic E-state index is 12.1. The van der Waals surface area contributed by atoms with E-state index in [9.17, 15) is 9.59 Å². The first-order chi connectivity index (χ1) is 10.6. The van der Waals surface area contributed by atoms with Crippen molar-refractivity contribution in [3.05, 3.63) is 40.4 Å². The zero-order valence-electron chi connectivity index (χ0n) is 12.1. The average Bonchev–Trinajstić information content (AvgIpc) is 3.29. The lowest BCUT2D eigenvalue weighted by atomic mass is 10.1. The van der Waals surface area contributed by atoms with Crippen molar-refractivity contribution in [3.8, 4) is 0 Å². The second kappa shape index (κ2) is 6.23. The molecule has 0 atom stereocenters. The van der Waals surface area contributed by atoms with Gasteiger partial charge in [0.05, 0.1) is 0 Å². The number of carbonyl (C=O) groups excluding carboxylic acids is 2. The van der Waals surface area contributed by atoms with E-state index in [2.05, 4.69) is 20.8 Å². The largest absolute Gasteiger partial charge is 0.352 e. The third kappa shape index (κ3) is 3.67. The van der Waals surface area contributed by atoms with Gasteiger partial charge >= 0.3 is 0 Å². The molecule has 2 N–H and O–H groups in total. The predicted molar refractivity (Wildman–Crippen MR) is 83.6 cm³/mol. The summed E-state index contributed by atoms with van der Waals surface area (Å²) in [5.41, 5.74) is 1.52. The summed E-state index contributed by atoms with van der Waals surface area (Å²) in [4.78, 5) is 23.6. The van der Waals surface area contributed by atoms with Crippen molar-refractivity contribution in [2.75, 3.05) is 5.32 Å². The number of hydrogen-bond acceptors (Lipinski definition) is 5. The first-order valence-corrected chi connectivity index (χ1v) is 7.91. The topological polar surface area (TPSA) is 84.0 Å². The smallest absolute Gasteiger partial charge is 0.257 e. The van der Waals surface area contributed by atoms with Crippen molar-refractivity contribution in [1.29, 1.82) is 0 Å². The minimum absolute atomic E-state index is 0.119. The number of hydrogen-bond donors (Lipinski definition) is 2. The van der Waals surface area contributed by atoms with E-state index >= 15 is 0 Å². The van der Waals surface area contributed by atoms with Gasteiger partial charge in [0, 0.05) is 18.0 Å². The second-order valence-electron chi connectivity index (χ2n) is 5.27. The lowest BCUT2D eigenvalue weighted by Gasteiger charge is -2.06. The standard InChI is InChI=1S/C15H16N4O2S/c1-9-18-19-15(22-9)17-14(21)12-4-2-10(3-5-12)8-16-13(20)11-6-7-11/h2-5,11H,6-8H2,1H3,(H,16,20)(H,17,19,21). The number of benzene rings is 1. The van der Waals surface area contributed by atoms with Gasteiger partial charge in [-0.2, -0.15) is 0 Å². The Morgan fingerprint density at radius 1 is 1.23 bits per heavy atom. The van der Waals surface area contributed by atoms with Crippen LogP contribution in [0.1, 0.15) is 33.8 Å². The van der Waals surface area contributed by atoms with Crippen molar-refractivity contribution in [2.24, 2.45) is 5.92 Å². The van der Waals surface area contributed by atoms with Crippen LogP contribution in [0.25, 0.3) is 0 Å². The fraction of sp³-hybridized carbons (Fsp3) is 0.333. The van der Waals surface area contributed by atoms with Crippen LogP contribution in [-0.2, 0) is 11.3 Å². The minimum Gasteiger partial charge on any atom is -0.352 e. The van der Waals surface area contributed by atoms with Gasteiger partial charge in [-0.05, 0) is 37.5 Å². The van der Waals surface area contributed by atoms with Crippen LogP contribution in [0.5, 0.6) is 0 Å². The van der Waals surface area contributed by atoms with Gasteiger partial charge in [0.1, 0.15) is 5.01 Å². The molecule has 22 heavy (non-hydrogen) atoms. The van der Waals surface area contributed by atoms with Crippen LogP contribution < -0.4 is 10.6 Å². The predicted octanol–water partition coefficient (Wildman–Crippen LogP) is 2.13. The molecule has 0 unspecified atom stereocenters. The minimum atomic E-state index is -0.218. The summed E-state index contributed by atoms with van der Waals surface area (Å²) in [6.45, 7) is 2.32. The Morgan fingerprint density at radius 2 is 1.95 bits per heavy atom. The number of aryl methyl sites for hydroxylation is 1. The molecule has 0 spiro atoms. The Hall–Kier alpha value is -2.28. The molecule has 114 valence electrons. The number of nitrogens with zero attached hydrogens (tertiary/aromatic N) is 2. The molecule has 1 aliphatic carbocycles. The molecule has 1 aromatic carbocycles. The number of aromatic nitrogens is 2. The molecule has 7 heteroatoms. The molecular weight excluding hydrogens is 300 g/mol. The van der Waals surface area contributed by atoms with Crippen molar-refractivity contribution in [3.63, 3.8) is 0 Å². The zero-order valence-corrected chi connectivity index (χ0v) is 12.9. The second-order valence-corrected chi connectivity index (χ2v) is 6.45. The van der Waals surface area contributed by atoms with E-state index in [0.717, 1.165) is 23.4 Å². The molecule has 1 heterocycles. The summed E-state index contributed by atoms with van der Waals surface area (Å²) < 4.78 is 0. The number of rotatable bonds is 5. The molecule has 0 aliphatic heterocycles. The van der Waals surface area contributed by atoms with Crippen LogP contribution in [0.3, 0.4) is 0 Å². The third-order valence-corrected chi connectivity index (χ3v) is 4.13. The molecule has 6 nitrogen and oxygen atoms in total. The monoisotopic (exact) mass is 316 g/mol. The van der Waals surface area contributed by atoms with Crippen LogP contribution in [0.4, 0.5) is 5.13 Å². The first kappa shape index (κ1) is 14.6. The van der Waals surface area contributed by atoms with E-state index in [1.165, 1.54) is 11.3 Å². The highest BCUT2D eigenvalue weighted by molar-refractivity contribution is 7.15. The SMILES string of the molecule is Cc1nnc(NC(=O)c2ccc(CNC(=O)C3CC3)cc2)s1. The Balaban J connectivity index is 1.55. The van der Waals surface area contributed by atoms with Crippen molar-refractivity contribution in [2.45, 2.75) is 26.3 Å². The highest BCUT2D eigenvalue weighted by atomic mass is 32.1. The fourth-order valence-electron chi connectivity index (χ4n) is 1.97. The van der Waals surface area contributed by atoms with Crippen LogP contribution in [0, 0.1) is 12.8 Å². The molecule has 0 saturated heterocycles. The van der Waals surface area contributed by atoms with Gasteiger partial charge in [0.2, 0.25) is 11.0 Å². The number of nitrogens with one attached hydrogen (secondary N) is 2. The third-order valence-electron chi connectivity index (χ3n) is 3.38. The molecule has 1 fully saturated rings. The molecule has 1 saturated carbocycles. The van der Waals surface area contributed by atoms with E-state index in [0.29, 0.717) is 17.2 Å². The Morgan fingerprint density at radius 3 is 2.55 bits per heavy atom. The van der Waals surface area contributed by atoms with E-state index in [1.807, 2.05) is 19.1 Å². The molecule has 0 bridgehead atoms. The van der Waals surface area contributed by atoms with Gasteiger partial charge in [-0.3, -0.25) is 14.9 Å². The average molecular weight is 316 g/mol. The van der Waals surface area contributed by atoms with E-state index in [1.54, 1.807) is 12.1 Å². The molecule has 2 amide bonds. The van der Waals surface area contributed by atoms with E-state index in [-0.39, 0.29) is 17.7 Å². The Labute approximate surface area is 132 Å². The van der Waals surface area contributed by atoms with Gasteiger partial charge in [0.15, 0.2) is 0 Å². The summed E-state index contributed by atoms with van der Waals surface area (Å²) in [5, 5.41) is 14.6.